The van der Waals surface area contributed by atoms with Gasteiger partial charge in [-0.05, 0) is 18.2 Å². The molecule has 1 amide bonds. The molecule has 0 aliphatic heterocycles. The summed E-state index contributed by atoms with van der Waals surface area (Å²) in [6.07, 6.45) is 0. The fourth-order valence-corrected chi connectivity index (χ4v) is 2.38. The van der Waals surface area contributed by atoms with Crippen LogP contribution in [0.4, 0.5) is 5.13 Å². The highest BCUT2D eigenvalue weighted by Crippen LogP contribution is 2.34. The molecule has 0 aliphatic rings. The highest BCUT2D eigenvalue weighted by atomic mass is 32.1. The lowest BCUT2D eigenvalue weighted by Gasteiger charge is -2.15. The summed E-state index contributed by atoms with van der Waals surface area (Å²) in [6.45, 7) is 5.54. The third-order valence-corrected chi connectivity index (χ3v) is 3.84. The summed E-state index contributed by atoms with van der Waals surface area (Å²) in [4.78, 5) is 12.0. The van der Waals surface area contributed by atoms with Crippen LogP contribution in [0.5, 0.6) is 11.5 Å². The SMILES string of the molecule is COc1ccc(-c2nnc(NC(=O)C(C)(C)C)s2)cc1OC. The maximum atomic E-state index is 12.0. The van der Waals surface area contributed by atoms with Gasteiger partial charge in [-0.15, -0.1) is 10.2 Å². The Morgan fingerprint density at radius 3 is 2.41 bits per heavy atom. The van der Waals surface area contributed by atoms with E-state index in [0.29, 0.717) is 21.6 Å². The van der Waals surface area contributed by atoms with E-state index in [1.807, 2.05) is 39.0 Å². The molecular weight excluding hydrogens is 302 g/mol. The molecule has 1 aromatic heterocycles. The maximum absolute atomic E-state index is 12.0. The van der Waals surface area contributed by atoms with Crippen LogP contribution < -0.4 is 14.8 Å². The first-order valence-corrected chi connectivity index (χ1v) is 7.54. The molecule has 1 N–H and O–H groups in total. The van der Waals surface area contributed by atoms with Crippen molar-refractivity contribution in [3.05, 3.63) is 18.2 Å². The minimum atomic E-state index is -0.477. The summed E-state index contributed by atoms with van der Waals surface area (Å²) in [5, 5.41) is 12.1. The van der Waals surface area contributed by atoms with Crippen molar-refractivity contribution < 1.29 is 14.3 Å². The van der Waals surface area contributed by atoms with Gasteiger partial charge in [0.1, 0.15) is 5.01 Å². The van der Waals surface area contributed by atoms with Crippen molar-refractivity contribution in [2.24, 2.45) is 5.41 Å². The summed E-state index contributed by atoms with van der Waals surface area (Å²) in [6, 6.07) is 5.51. The number of rotatable bonds is 4. The number of amides is 1. The van der Waals surface area contributed by atoms with Crippen molar-refractivity contribution in [1.82, 2.24) is 10.2 Å². The van der Waals surface area contributed by atoms with Crippen LogP contribution >= 0.6 is 11.3 Å². The highest BCUT2D eigenvalue weighted by molar-refractivity contribution is 7.18. The molecule has 0 aliphatic carbocycles. The molecule has 2 aromatic rings. The predicted molar refractivity (Wildman–Crippen MR) is 86.5 cm³/mol. The van der Waals surface area contributed by atoms with Gasteiger partial charge in [0, 0.05) is 11.0 Å². The van der Waals surface area contributed by atoms with Crippen LogP contribution in [0.3, 0.4) is 0 Å². The van der Waals surface area contributed by atoms with Gasteiger partial charge in [-0.1, -0.05) is 32.1 Å². The second kappa shape index (κ2) is 6.31. The molecular formula is C15H19N3O3S. The summed E-state index contributed by atoms with van der Waals surface area (Å²) >= 11 is 1.31. The van der Waals surface area contributed by atoms with Crippen molar-refractivity contribution in [1.29, 1.82) is 0 Å². The number of carbonyl (C=O) groups is 1. The van der Waals surface area contributed by atoms with E-state index in [0.717, 1.165) is 5.56 Å². The van der Waals surface area contributed by atoms with E-state index in [1.54, 1.807) is 14.2 Å². The lowest BCUT2D eigenvalue weighted by Crippen LogP contribution is -2.27. The van der Waals surface area contributed by atoms with E-state index < -0.39 is 5.41 Å². The zero-order valence-electron chi connectivity index (χ0n) is 13.3. The summed E-state index contributed by atoms with van der Waals surface area (Å²) in [5.74, 6) is 1.18. The van der Waals surface area contributed by atoms with Crippen LogP contribution in [0.1, 0.15) is 20.8 Å². The van der Waals surface area contributed by atoms with Gasteiger partial charge in [0.05, 0.1) is 14.2 Å². The largest absolute Gasteiger partial charge is 0.493 e. The van der Waals surface area contributed by atoms with Gasteiger partial charge < -0.3 is 14.8 Å². The average molecular weight is 321 g/mol. The molecule has 6 nitrogen and oxygen atoms in total. The number of methoxy groups -OCH3 is 2. The van der Waals surface area contributed by atoms with E-state index in [9.17, 15) is 4.79 Å². The molecule has 118 valence electrons. The third-order valence-electron chi connectivity index (χ3n) is 2.96. The molecule has 0 spiro atoms. The van der Waals surface area contributed by atoms with E-state index in [2.05, 4.69) is 15.5 Å². The lowest BCUT2D eigenvalue weighted by molar-refractivity contribution is -0.123. The molecule has 0 radical (unpaired) electrons. The third kappa shape index (κ3) is 3.54. The van der Waals surface area contributed by atoms with Gasteiger partial charge in [0.15, 0.2) is 11.5 Å². The van der Waals surface area contributed by atoms with Crippen LogP contribution in [-0.4, -0.2) is 30.3 Å². The smallest absolute Gasteiger partial charge is 0.231 e. The van der Waals surface area contributed by atoms with Gasteiger partial charge in [-0.25, -0.2) is 0 Å². The molecule has 0 atom stereocenters. The molecule has 0 saturated carbocycles. The Hall–Kier alpha value is -2.15. The molecule has 2 rings (SSSR count). The maximum Gasteiger partial charge on any atom is 0.231 e. The van der Waals surface area contributed by atoms with Crippen molar-refractivity contribution in [2.45, 2.75) is 20.8 Å². The van der Waals surface area contributed by atoms with Crippen LogP contribution in [-0.2, 0) is 4.79 Å². The number of carbonyl (C=O) groups excluding carboxylic acids is 1. The summed E-state index contributed by atoms with van der Waals surface area (Å²) in [5.41, 5.74) is 0.376. The minimum Gasteiger partial charge on any atom is -0.493 e. The van der Waals surface area contributed by atoms with Crippen molar-refractivity contribution in [2.75, 3.05) is 19.5 Å². The van der Waals surface area contributed by atoms with Crippen LogP contribution in [0, 0.1) is 5.41 Å². The highest BCUT2D eigenvalue weighted by Gasteiger charge is 2.22. The Morgan fingerprint density at radius 2 is 1.82 bits per heavy atom. The van der Waals surface area contributed by atoms with E-state index in [1.165, 1.54) is 11.3 Å². The number of nitrogens with zero attached hydrogens (tertiary/aromatic N) is 2. The van der Waals surface area contributed by atoms with E-state index >= 15 is 0 Å². The molecule has 7 heteroatoms. The van der Waals surface area contributed by atoms with Crippen molar-refractivity contribution in [3.8, 4) is 22.1 Å². The fourth-order valence-electron chi connectivity index (χ4n) is 1.64. The summed E-state index contributed by atoms with van der Waals surface area (Å²) in [7, 11) is 3.17. The summed E-state index contributed by atoms with van der Waals surface area (Å²) < 4.78 is 10.5. The molecule has 0 fully saturated rings. The lowest BCUT2D eigenvalue weighted by atomic mass is 9.96. The number of ether oxygens (including phenoxy) is 2. The standard InChI is InChI=1S/C15H19N3O3S/c1-15(2,3)13(19)16-14-18-17-12(22-14)9-6-7-10(20-4)11(8-9)21-5/h6-8H,1-5H3,(H,16,18,19). The van der Waals surface area contributed by atoms with Crippen LogP contribution in [0.2, 0.25) is 0 Å². The fraction of sp³-hybridized carbons (Fsp3) is 0.400. The molecule has 1 aromatic carbocycles. The molecule has 0 unspecified atom stereocenters. The number of nitrogens with one attached hydrogen (secondary N) is 1. The Morgan fingerprint density at radius 1 is 1.14 bits per heavy atom. The van der Waals surface area contributed by atoms with E-state index in [-0.39, 0.29) is 5.91 Å². The molecule has 0 bridgehead atoms. The average Bonchev–Trinajstić information content (AvgIpc) is 2.94. The van der Waals surface area contributed by atoms with E-state index in [4.69, 9.17) is 9.47 Å². The Balaban J connectivity index is 2.23. The van der Waals surface area contributed by atoms with Gasteiger partial charge in [-0.2, -0.15) is 0 Å². The predicted octanol–water partition coefficient (Wildman–Crippen LogP) is 3.21. The van der Waals surface area contributed by atoms with Gasteiger partial charge in [0.25, 0.3) is 0 Å². The van der Waals surface area contributed by atoms with Crippen molar-refractivity contribution in [3.63, 3.8) is 0 Å². The monoisotopic (exact) mass is 321 g/mol. The number of benzene rings is 1. The topological polar surface area (TPSA) is 73.3 Å². The molecule has 0 saturated heterocycles. The first kappa shape index (κ1) is 16.2. The number of anilines is 1. The first-order chi connectivity index (χ1) is 10.3. The number of hydrogen-bond donors (Lipinski definition) is 1. The zero-order valence-corrected chi connectivity index (χ0v) is 14.1. The normalized spacial score (nSPS) is 11.1. The second-order valence-electron chi connectivity index (χ2n) is 5.69. The second-order valence-corrected chi connectivity index (χ2v) is 6.66. The Labute approximate surface area is 133 Å². The first-order valence-electron chi connectivity index (χ1n) is 6.72. The Bertz CT molecular complexity index is 677. The molecule has 22 heavy (non-hydrogen) atoms. The number of hydrogen-bond acceptors (Lipinski definition) is 6. The minimum absolute atomic E-state index is 0.0949. The van der Waals surface area contributed by atoms with Crippen molar-refractivity contribution >= 4 is 22.4 Å². The van der Waals surface area contributed by atoms with Gasteiger partial charge in [-0.3, -0.25) is 4.79 Å². The Kier molecular flexibility index (Phi) is 4.65. The zero-order chi connectivity index (χ0) is 16.3. The van der Waals surface area contributed by atoms with Gasteiger partial charge >= 0.3 is 0 Å². The van der Waals surface area contributed by atoms with Crippen LogP contribution in [0.25, 0.3) is 10.6 Å². The quantitative estimate of drug-likeness (QED) is 0.936. The van der Waals surface area contributed by atoms with Crippen LogP contribution in [0.15, 0.2) is 18.2 Å². The number of aromatic nitrogens is 2. The van der Waals surface area contributed by atoms with Gasteiger partial charge in [0.2, 0.25) is 11.0 Å². The molecule has 1 heterocycles.